The molecule has 1 rings (SSSR count). The first kappa shape index (κ1) is 4.52. The minimum atomic E-state index is 1.24. The van der Waals surface area contributed by atoms with E-state index in [-0.39, 0.29) is 0 Å². The summed E-state index contributed by atoms with van der Waals surface area (Å²) in [5, 5.41) is 3.65. The molecular formula is C3H4N2OS. The number of hydrogen-bond acceptors (Lipinski definition) is 3. The highest BCUT2D eigenvalue weighted by atomic mass is 32.1. The Labute approximate surface area is 46.5 Å². The van der Waals surface area contributed by atoms with Gasteiger partial charge in [-0.15, -0.1) is 5.10 Å². The number of nitrogens with zero attached hydrogens (tertiary/aromatic N) is 2. The van der Waals surface area contributed by atoms with E-state index in [9.17, 15) is 0 Å². The summed E-state index contributed by atoms with van der Waals surface area (Å²) in [4.78, 5) is 1.24. The lowest BCUT2D eigenvalue weighted by Gasteiger charge is -1.88. The Balaban J connectivity index is 2.76. The van der Waals surface area contributed by atoms with E-state index >= 15 is 0 Å². The molecule has 0 atom stereocenters. The maximum absolute atomic E-state index is 4.35. The first-order chi connectivity index (χ1) is 3.43. The normalized spacial score (nSPS) is 8.71. The Morgan fingerprint density at radius 1 is 1.71 bits per heavy atom. The molecule has 4 heteroatoms. The van der Waals surface area contributed by atoms with Crippen LogP contribution in [0.25, 0.3) is 0 Å². The van der Waals surface area contributed by atoms with Crippen LogP contribution < -0.4 is 4.28 Å². The van der Waals surface area contributed by atoms with E-state index in [0.29, 0.717) is 0 Å². The Kier molecular flexibility index (Phi) is 1.21. The standard InChI is InChI=1S/C3H4N2OS/c7-6-5-3-1-2-4-5/h1-3,7H. The fourth-order valence-electron chi connectivity index (χ4n) is 0.303. The van der Waals surface area contributed by atoms with E-state index in [1.165, 1.54) is 4.85 Å². The van der Waals surface area contributed by atoms with Crippen LogP contribution in [0.2, 0.25) is 0 Å². The molecule has 0 spiro atoms. The molecule has 0 aliphatic heterocycles. The van der Waals surface area contributed by atoms with Crippen LogP contribution in [0.15, 0.2) is 18.5 Å². The van der Waals surface area contributed by atoms with E-state index in [1.807, 2.05) is 0 Å². The van der Waals surface area contributed by atoms with Gasteiger partial charge in [-0.05, 0) is 6.07 Å². The van der Waals surface area contributed by atoms with Crippen molar-refractivity contribution in [1.29, 1.82) is 0 Å². The highest BCUT2D eigenvalue weighted by Gasteiger charge is 1.78. The van der Waals surface area contributed by atoms with E-state index in [1.54, 1.807) is 18.5 Å². The molecule has 38 valence electrons. The van der Waals surface area contributed by atoms with Gasteiger partial charge in [0.1, 0.15) is 0 Å². The molecule has 0 N–H and O–H groups in total. The maximum atomic E-state index is 4.35. The third kappa shape index (κ3) is 0.866. The van der Waals surface area contributed by atoms with Gasteiger partial charge in [0, 0.05) is 0 Å². The van der Waals surface area contributed by atoms with Crippen molar-refractivity contribution in [2.45, 2.75) is 0 Å². The second-order valence-corrected chi connectivity index (χ2v) is 1.15. The molecule has 0 aliphatic carbocycles. The summed E-state index contributed by atoms with van der Waals surface area (Å²) in [6.45, 7) is 0. The molecule has 0 unspecified atom stereocenters. The summed E-state index contributed by atoms with van der Waals surface area (Å²) in [6.07, 6.45) is 3.25. The van der Waals surface area contributed by atoms with Crippen molar-refractivity contribution in [2.75, 3.05) is 0 Å². The topological polar surface area (TPSA) is 27.1 Å². The first-order valence-corrected chi connectivity index (χ1v) is 2.11. The van der Waals surface area contributed by atoms with Gasteiger partial charge in [-0.2, -0.15) is 0 Å². The summed E-state index contributed by atoms with van der Waals surface area (Å²) in [5.41, 5.74) is 0. The van der Waals surface area contributed by atoms with Gasteiger partial charge in [-0.1, -0.05) is 4.85 Å². The summed E-state index contributed by atoms with van der Waals surface area (Å²) >= 11 is 3.48. The molecule has 0 aromatic carbocycles. The fraction of sp³-hybridized carbons (Fsp3) is 0. The highest BCUT2D eigenvalue weighted by Crippen LogP contribution is 1.78. The molecule has 0 saturated carbocycles. The Hall–Kier alpha value is -0.640. The highest BCUT2D eigenvalue weighted by molar-refractivity contribution is 7.75. The fourth-order valence-corrected chi connectivity index (χ4v) is 0.400. The van der Waals surface area contributed by atoms with Crippen LogP contribution in [0.5, 0.6) is 0 Å². The summed E-state index contributed by atoms with van der Waals surface area (Å²) in [6, 6.07) is 1.75. The van der Waals surface area contributed by atoms with Crippen molar-refractivity contribution < 1.29 is 4.28 Å². The number of thiol groups is 1. The van der Waals surface area contributed by atoms with Gasteiger partial charge >= 0.3 is 0 Å². The quantitative estimate of drug-likeness (QED) is 0.418. The van der Waals surface area contributed by atoms with E-state index < -0.39 is 0 Å². The van der Waals surface area contributed by atoms with Crippen LogP contribution in [0.1, 0.15) is 0 Å². The second-order valence-electron chi connectivity index (χ2n) is 0.990. The van der Waals surface area contributed by atoms with Crippen molar-refractivity contribution in [3.8, 4) is 0 Å². The van der Waals surface area contributed by atoms with E-state index in [0.717, 1.165) is 0 Å². The van der Waals surface area contributed by atoms with Crippen molar-refractivity contribution in [3.63, 3.8) is 0 Å². The second kappa shape index (κ2) is 1.88. The first-order valence-electron chi connectivity index (χ1n) is 1.75. The third-order valence-electron chi connectivity index (χ3n) is 0.564. The Bertz CT molecular complexity index is 127. The van der Waals surface area contributed by atoms with Crippen LogP contribution in [0.4, 0.5) is 0 Å². The van der Waals surface area contributed by atoms with Crippen molar-refractivity contribution in [2.24, 2.45) is 0 Å². The summed E-state index contributed by atoms with van der Waals surface area (Å²) < 4.78 is 4.35. The summed E-state index contributed by atoms with van der Waals surface area (Å²) in [5.74, 6) is 0. The minimum Gasteiger partial charge on any atom is -0.327 e. The van der Waals surface area contributed by atoms with Crippen molar-refractivity contribution in [3.05, 3.63) is 18.5 Å². The van der Waals surface area contributed by atoms with Crippen LogP contribution in [-0.4, -0.2) is 9.94 Å². The lowest BCUT2D eigenvalue weighted by Crippen LogP contribution is -1.98. The lowest BCUT2D eigenvalue weighted by atomic mass is 10.8. The number of hydrogen-bond donors (Lipinski definition) is 1. The minimum absolute atomic E-state index is 1.24. The van der Waals surface area contributed by atoms with Gasteiger partial charge in [0.05, 0.1) is 25.3 Å². The SMILES string of the molecule is SOn1cccn1. The van der Waals surface area contributed by atoms with Crippen LogP contribution in [-0.2, 0) is 0 Å². The Morgan fingerprint density at radius 3 is 2.86 bits per heavy atom. The van der Waals surface area contributed by atoms with Crippen LogP contribution in [0, 0.1) is 0 Å². The van der Waals surface area contributed by atoms with Gasteiger partial charge in [0.15, 0.2) is 0 Å². The largest absolute Gasteiger partial charge is 0.327 e. The van der Waals surface area contributed by atoms with Crippen molar-refractivity contribution >= 4 is 12.9 Å². The molecule has 0 radical (unpaired) electrons. The Morgan fingerprint density at radius 2 is 2.57 bits per heavy atom. The molecule has 1 heterocycles. The molecule has 0 aliphatic rings. The molecule has 0 bridgehead atoms. The molecule has 1 aromatic heterocycles. The average Bonchev–Trinajstić information content (AvgIpc) is 2.14. The lowest BCUT2D eigenvalue weighted by molar-refractivity contribution is 0.281. The van der Waals surface area contributed by atoms with Gasteiger partial charge in [0.25, 0.3) is 0 Å². The zero-order chi connectivity index (χ0) is 5.11. The zero-order valence-corrected chi connectivity index (χ0v) is 4.38. The summed E-state index contributed by atoms with van der Waals surface area (Å²) in [7, 11) is 0. The van der Waals surface area contributed by atoms with Crippen LogP contribution >= 0.6 is 12.9 Å². The van der Waals surface area contributed by atoms with Gasteiger partial charge in [0.2, 0.25) is 0 Å². The van der Waals surface area contributed by atoms with Gasteiger partial charge < -0.3 is 4.28 Å². The molecule has 7 heavy (non-hydrogen) atoms. The predicted molar refractivity (Wildman–Crippen MR) is 27.8 cm³/mol. The van der Waals surface area contributed by atoms with E-state index in [2.05, 4.69) is 22.3 Å². The zero-order valence-electron chi connectivity index (χ0n) is 3.48. The maximum Gasteiger partial charge on any atom is 0.0715 e. The van der Waals surface area contributed by atoms with Crippen LogP contribution in [0.3, 0.4) is 0 Å². The van der Waals surface area contributed by atoms with E-state index in [4.69, 9.17) is 0 Å². The average molecular weight is 116 g/mol. The molecule has 0 amide bonds. The third-order valence-corrected chi connectivity index (χ3v) is 0.731. The number of rotatable bonds is 1. The molecule has 0 saturated heterocycles. The van der Waals surface area contributed by atoms with Crippen molar-refractivity contribution in [1.82, 2.24) is 9.94 Å². The van der Waals surface area contributed by atoms with Gasteiger partial charge in [-0.3, -0.25) is 0 Å². The van der Waals surface area contributed by atoms with Gasteiger partial charge in [-0.25, -0.2) is 0 Å². The molecular weight excluding hydrogens is 112 g/mol. The molecule has 3 nitrogen and oxygen atoms in total. The molecule has 1 aromatic rings. The number of aromatic nitrogens is 2. The predicted octanol–water partition coefficient (Wildman–Crippen LogP) is 0.156. The molecule has 0 fully saturated rings. The monoisotopic (exact) mass is 116 g/mol. The smallest absolute Gasteiger partial charge is 0.0715 e.